The monoisotopic (exact) mass is 285 g/mol. The normalized spacial score (nSPS) is 12.4. The van der Waals surface area contributed by atoms with Crippen molar-refractivity contribution >= 4 is 15.7 Å². The maximum Gasteiger partial charge on any atom is 0.240 e. The van der Waals surface area contributed by atoms with E-state index < -0.39 is 10.0 Å². The Morgan fingerprint density at radius 3 is 2.26 bits per heavy atom. The number of hydrogen-bond donors (Lipinski definition) is 3. The molecule has 1 aromatic carbocycles. The van der Waals surface area contributed by atoms with Crippen molar-refractivity contribution < 1.29 is 8.42 Å². The van der Waals surface area contributed by atoms with Gasteiger partial charge in [-0.15, -0.1) is 0 Å². The Kier molecular flexibility index (Phi) is 5.34. The molecule has 0 atom stereocenters. The first-order valence-corrected chi connectivity index (χ1v) is 7.83. The fourth-order valence-electron chi connectivity index (χ4n) is 1.44. The first-order chi connectivity index (χ1) is 8.80. The minimum atomic E-state index is -3.37. The second kappa shape index (κ2) is 6.36. The minimum Gasteiger partial charge on any atom is -0.384 e. The molecule has 108 valence electrons. The molecule has 0 aliphatic rings. The van der Waals surface area contributed by atoms with Crippen LogP contribution in [0.25, 0.3) is 0 Å². The first kappa shape index (κ1) is 15.9. The third kappa shape index (κ3) is 4.81. The highest BCUT2D eigenvalue weighted by molar-refractivity contribution is 7.89. The average molecular weight is 285 g/mol. The van der Waals surface area contributed by atoms with E-state index in [1.165, 1.54) is 0 Å². The van der Waals surface area contributed by atoms with Crippen LogP contribution in [0.15, 0.2) is 29.2 Å². The molecule has 0 bridgehead atoms. The van der Waals surface area contributed by atoms with Crippen LogP contribution in [-0.4, -0.2) is 28.1 Å². The van der Waals surface area contributed by atoms with Crippen molar-refractivity contribution in [3.05, 3.63) is 24.3 Å². The molecule has 0 radical (unpaired) electrons. The lowest BCUT2D eigenvalue weighted by Crippen LogP contribution is -2.31. The summed E-state index contributed by atoms with van der Waals surface area (Å²) < 4.78 is 26.0. The van der Waals surface area contributed by atoms with E-state index in [0.717, 1.165) is 12.2 Å². The summed E-state index contributed by atoms with van der Waals surface area (Å²) in [5.74, 6) is 0. The van der Waals surface area contributed by atoms with E-state index in [-0.39, 0.29) is 10.3 Å². The molecular formula is C13H23N3O2S. The van der Waals surface area contributed by atoms with E-state index in [0.29, 0.717) is 13.1 Å². The Balaban J connectivity index is 2.72. The van der Waals surface area contributed by atoms with E-state index in [9.17, 15) is 8.42 Å². The molecule has 0 heterocycles. The molecule has 19 heavy (non-hydrogen) atoms. The van der Waals surface area contributed by atoms with Gasteiger partial charge in [-0.3, -0.25) is 0 Å². The zero-order chi connectivity index (χ0) is 14.5. The van der Waals surface area contributed by atoms with Gasteiger partial charge in [0.25, 0.3) is 0 Å². The summed E-state index contributed by atoms with van der Waals surface area (Å²) >= 11 is 0. The lowest BCUT2D eigenvalue weighted by atomic mass is 9.94. The second-order valence-corrected chi connectivity index (χ2v) is 7.01. The Hall–Kier alpha value is -1.11. The number of sulfonamides is 1. The van der Waals surface area contributed by atoms with Gasteiger partial charge < -0.3 is 11.1 Å². The average Bonchev–Trinajstić information content (AvgIpc) is 2.37. The number of anilines is 1. The first-order valence-electron chi connectivity index (χ1n) is 6.34. The van der Waals surface area contributed by atoms with Gasteiger partial charge in [0.15, 0.2) is 0 Å². The van der Waals surface area contributed by atoms with E-state index in [1.54, 1.807) is 31.2 Å². The largest absolute Gasteiger partial charge is 0.384 e. The lowest BCUT2D eigenvalue weighted by Gasteiger charge is -2.23. The smallest absolute Gasteiger partial charge is 0.240 e. The third-order valence-corrected chi connectivity index (χ3v) is 4.38. The molecule has 1 aromatic rings. The molecular weight excluding hydrogens is 262 g/mol. The van der Waals surface area contributed by atoms with Gasteiger partial charge in [0.1, 0.15) is 0 Å². The molecule has 6 heteroatoms. The van der Waals surface area contributed by atoms with Crippen LogP contribution >= 0.6 is 0 Å². The minimum absolute atomic E-state index is 0.00845. The van der Waals surface area contributed by atoms with Gasteiger partial charge in [-0.05, 0) is 36.2 Å². The van der Waals surface area contributed by atoms with Crippen LogP contribution < -0.4 is 15.8 Å². The summed E-state index contributed by atoms with van der Waals surface area (Å²) in [5, 5.41) is 3.25. The zero-order valence-corrected chi connectivity index (χ0v) is 12.5. The molecule has 0 saturated heterocycles. The summed E-state index contributed by atoms with van der Waals surface area (Å²) in [4.78, 5) is 0.276. The second-order valence-electron chi connectivity index (χ2n) is 5.25. The predicted molar refractivity (Wildman–Crippen MR) is 78.6 cm³/mol. The number of nitrogens with one attached hydrogen (secondary N) is 2. The van der Waals surface area contributed by atoms with Crippen molar-refractivity contribution in [1.82, 2.24) is 4.72 Å². The van der Waals surface area contributed by atoms with E-state index in [2.05, 4.69) is 23.9 Å². The van der Waals surface area contributed by atoms with Crippen molar-refractivity contribution in [3.63, 3.8) is 0 Å². The molecule has 0 spiro atoms. The van der Waals surface area contributed by atoms with Gasteiger partial charge in [-0.25, -0.2) is 13.1 Å². The van der Waals surface area contributed by atoms with Crippen LogP contribution in [0.2, 0.25) is 0 Å². The Morgan fingerprint density at radius 1 is 1.21 bits per heavy atom. The maximum absolute atomic E-state index is 11.8. The van der Waals surface area contributed by atoms with Crippen molar-refractivity contribution in [3.8, 4) is 0 Å². The Bertz CT molecular complexity index is 495. The van der Waals surface area contributed by atoms with E-state index >= 15 is 0 Å². The number of rotatable bonds is 7. The quantitative estimate of drug-likeness (QED) is 0.706. The predicted octanol–water partition coefficient (Wildman–Crippen LogP) is 1.38. The van der Waals surface area contributed by atoms with Gasteiger partial charge in [0.05, 0.1) is 4.90 Å². The number of nitrogens with two attached hydrogens (primary N) is 1. The van der Waals surface area contributed by atoms with Crippen LogP contribution in [-0.2, 0) is 10.0 Å². The summed E-state index contributed by atoms with van der Waals surface area (Å²) in [6, 6.07) is 6.71. The van der Waals surface area contributed by atoms with Crippen LogP contribution in [0.5, 0.6) is 0 Å². The van der Waals surface area contributed by atoms with Gasteiger partial charge in [0, 0.05) is 18.8 Å². The summed E-state index contributed by atoms with van der Waals surface area (Å²) in [7, 11) is -3.37. The van der Waals surface area contributed by atoms with Gasteiger partial charge in [0.2, 0.25) is 10.0 Å². The van der Waals surface area contributed by atoms with Gasteiger partial charge >= 0.3 is 0 Å². The fourth-order valence-corrected chi connectivity index (χ4v) is 2.48. The van der Waals surface area contributed by atoms with E-state index in [1.807, 2.05) is 0 Å². The summed E-state index contributed by atoms with van der Waals surface area (Å²) in [5.41, 5.74) is 6.55. The molecule has 0 aliphatic heterocycles. The molecule has 0 aliphatic carbocycles. The summed E-state index contributed by atoms with van der Waals surface area (Å²) in [6.07, 6.45) is 0. The van der Waals surface area contributed by atoms with Crippen LogP contribution in [0, 0.1) is 5.41 Å². The topological polar surface area (TPSA) is 84.2 Å². The van der Waals surface area contributed by atoms with Crippen LogP contribution in [0.4, 0.5) is 5.69 Å². The highest BCUT2D eigenvalue weighted by Gasteiger charge is 2.15. The standard InChI is InChI=1S/C13H23N3O2S/c1-4-16-19(17,18)12-7-5-11(6-8-12)15-10-13(2,3)9-14/h5-8,15-16H,4,9-10,14H2,1-3H3. The maximum atomic E-state index is 11.8. The molecule has 0 aromatic heterocycles. The molecule has 5 nitrogen and oxygen atoms in total. The van der Waals surface area contributed by atoms with Gasteiger partial charge in [-0.1, -0.05) is 20.8 Å². The van der Waals surface area contributed by atoms with E-state index in [4.69, 9.17) is 5.73 Å². The zero-order valence-electron chi connectivity index (χ0n) is 11.7. The van der Waals surface area contributed by atoms with Crippen molar-refractivity contribution in [2.24, 2.45) is 11.1 Å². The van der Waals surface area contributed by atoms with Crippen molar-refractivity contribution in [2.45, 2.75) is 25.7 Å². The lowest BCUT2D eigenvalue weighted by molar-refractivity contribution is 0.405. The highest BCUT2D eigenvalue weighted by atomic mass is 32.2. The fraction of sp³-hybridized carbons (Fsp3) is 0.538. The Labute approximate surface area is 115 Å². The van der Waals surface area contributed by atoms with Crippen molar-refractivity contribution in [1.29, 1.82) is 0 Å². The molecule has 0 fully saturated rings. The molecule has 0 saturated carbocycles. The van der Waals surface area contributed by atoms with Gasteiger partial charge in [-0.2, -0.15) is 0 Å². The molecule has 4 N–H and O–H groups in total. The summed E-state index contributed by atoms with van der Waals surface area (Å²) in [6.45, 7) is 7.61. The third-order valence-electron chi connectivity index (χ3n) is 2.82. The van der Waals surface area contributed by atoms with Crippen LogP contribution in [0.3, 0.4) is 0 Å². The van der Waals surface area contributed by atoms with Crippen LogP contribution in [0.1, 0.15) is 20.8 Å². The molecule has 1 rings (SSSR count). The highest BCUT2D eigenvalue weighted by Crippen LogP contribution is 2.17. The Morgan fingerprint density at radius 2 is 1.79 bits per heavy atom. The molecule has 0 amide bonds. The molecule has 0 unspecified atom stereocenters. The van der Waals surface area contributed by atoms with Crippen molar-refractivity contribution in [2.75, 3.05) is 25.0 Å². The SMILES string of the molecule is CCNS(=O)(=O)c1ccc(NCC(C)(C)CN)cc1. The number of benzene rings is 1. The number of hydrogen-bond acceptors (Lipinski definition) is 4.